The first-order chi connectivity index (χ1) is 2.77. The maximum absolute atomic E-state index is 9.55. The first-order valence-corrected chi connectivity index (χ1v) is 2.23. The van der Waals surface area contributed by atoms with Crippen LogP contribution in [0.1, 0.15) is 6.42 Å². The van der Waals surface area contributed by atoms with Gasteiger partial charge in [-0.05, 0) is 0 Å². The van der Waals surface area contributed by atoms with E-state index in [1.807, 2.05) is 0 Å². The summed E-state index contributed by atoms with van der Waals surface area (Å²) in [5.74, 6) is -0.361. The molecule has 7 heavy (non-hydrogen) atoms. The number of carboxylic acid groups (broad SMARTS) is 1. The van der Waals surface area contributed by atoms with Crippen LogP contribution < -0.4 is 0 Å². The highest BCUT2D eigenvalue weighted by molar-refractivity contribution is 7.80. The van der Waals surface area contributed by atoms with Crippen molar-refractivity contribution >= 4 is 32.1 Å². The predicted octanol–water partition coefficient (Wildman–Crippen LogP) is 0.504. The lowest BCUT2D eigenvalue weighted by Crippen LogP contribution is -1.93. The van der Waals surface area contributed by atoms with Crippen molar-refractivity contribution in [1.29, 1.82) is 0 Å². The van der Waals surface area contributed by atoms with Gasteiger partial charge >= 0.3 is 5.97 Å². The minimum absolute atomic E-state index is 0. The first kappa shape index (κ1) is 10.2. The number of aliphatic carboxylic acids is 1. The molecule has 0 aliphatic heterocycles. The molecule has 0 spiro atoms. The lowest BCUT2D eigenvalue weighted by Gasteiger charge is -1.79. The molecule has 0 bridgehead atoms. The summed E-state index contributed by atoms with van der Waals surface area (Å²) in [6.07, 6.45) is 0.156. The minimum atomic E-state index is -0.787. The number of carbonyl (C=O) groups is 1. The molecular formula is C3H8O2S2. The number of thiol groups is 1. The second kappa shape index (κ2) is 6.17. The van der Waals surface area contributed by atoms with Crippen LogP contribution in [0.3, 0.4) is 0 Å². The van der Waals surface area contributed by atoms with E-state index >= 15 is 0 Å². The highest BCUT2D eigenvalue weighted by Crippen LogP contribution is 1.79. The molecule has 0 aromatic heterocycles. The van der Waals surface area contributed by atoms with Crippen molar-refractivity contribution in [3.8, 4) is 0 Å². The summed E-state index contributed by atoms with van der Waals surface area (Å²) in [6, 6.07) is 0. The molecule has 0 aromatic rings. The van der Waals surface area contributed by atoms with Crippen LogP contribution in [0.2, 0.25) is 0 Å². The van der Waals surface area contributed by atoms with Crippen LogP contribution in [0.5, 0.6) is 0 Å². The van der Waals surface area contributed by atoms with Crippen LogP contribution in [-0.4, -0.2) is 16.8 Å². The van der Waals surface area contributed by atoms with E-state index in [2.05, 4.69) is 12.6 Å². The second-order valence-electron chi connectivity index (χ2n) is 0.867. The molecule has 0 aliphatic rings. The SMILES string of the molecule is O=C(O)CCS.S. The number of rotatable bonds is 2. The fourth-order valence-corrected chi connectivity index (χ4v) is 0.287. The monoisotopic (exact) mass is 140 g/mol. The Kier molecular flexibility index (Phi) is 9.00. The van der Waals surface area contributed by atoms with Gasteiger partial charge in [-0.25, -0.2) is 0 Å². The molecule has 0 fully saturated rings. The summed E-state index contributed by atoms with van der Waals surface area (Å²) in [5, 5.41) is 7.86. The van der Waals surface area contributed by atoms with Gasteiger partial charge in [-0.3, -0.25) is 4.79 Å². The highest BCUT2D eigenvalue weighted by Gasteiger charge is 1.88. The average Bonchev–Trinajstić information content (AvgIpc) is 1.35. The average molecular weight is 140 g/mol. The Labute approximate surface area is 54.8 Å². The third kappa shape index (κ3) is 10.7. The quantitative estimate of drug-likeness (QED) is 0.548. The molecule has 0 amide bonds. The molecule has 4 heteroatoms. The van der Waals surface area contributed by atoms with Crippen LogP contribution in [0.4, 0.5) is 0 Å². The smallest absolute Gasteiger partial charge is 0.304 e. The molecule has 2 nitrogen and oxygen atoms in total. The van der Waals surface area contributed by atoms with Gasteiger partial charge in [-0.15, -0.1) is 0 Å². The van der Waals surface area contributed by atoms with E-state index in [1.54, 1.807) is 0 Å². The molecule has 1 N–H and O–H groups in total. The van der Waals surface area contributed by atoms with Gasteiger partial charge in [0.15, 0.2) is 0 Å². The van der Waals surface area contributed by atoms with Crippen LogP contribution in [0, 0.1) is 0 Å². The van der Waals surface area contributed by atoms with Crippen molar-refractivity contribution < 1.29 is 9.90 Å². The van der Waals surface area contributed by atoms with Gasteiger partial charge in [0.2, 0.25) is 0 Å². The number of hydrogen-bond donors (Lipinski definition) is 2. The fraction of sp³-hybridized carbons (Fsp3) is 0.667. The molecule has 0 rings (SSSR count). The molecule has 0 atom stereocenters. The second-order valence-corrected chi connectivity index (χ2v) is 1.31. The Hall–Kier alpha value is 0.170. The molecule has 0 aliphatic carbocycles. The lowest BCUT2D eigenvalue weighted by molar-refractivity contribution is -0.136. The Morgan fingerprint density at radius 1 is 1.71 bits per heavy atom. The van der Waals surface area contributed by atoms with Gasteiger partial charge in [0.05, 0.1) is 6.42 Å². The predicted molar refractivity (Wildman–Crippen MR) is 36.5 cm³/mol. The molecule has 0 saturated carbocycles. The van der Waals surface area contributed by atoms with E-state index in [9.17, 15) is 4.79 Å². The lowest BCUT2D eigenvalue weighted by atomic mass is 10.5. The highest BCUT2D eigenvalue weighted by atomic mass is 32.1. The Balaban J connectivity index is 0. The van der Waals surface area contributed by atoms with Crippen LogP contribution in [0.15, 0.2) is 0 Å². The number of carboxylic acids is 1. The van der Waals surface area contributed by atoms with Gasteiger partial charge in [0.25, 0.3) is 0 Å². The third-order valence-corrected chi connectivity index (χ3v) is 0.549. The number of hydrogen-bond acceptors (Lipinski definition) is 2. The van der Waals surface area contributed by atoms with Gasteiger partial charge in [-0.2, -0.15) is 26.1 Å². The molecule has 44 valence electrons. The van der Waals surface area contributed by atoms with E-state index < -0.39 is 5.97 Å². The molecule has 0 aromatic carbocycles. The van der Waals surface area contributed by atoms with Crippen LogP contribution in [0.25, 0.3) is 0 Å². The summed E-state index contributed by atoms with van der Waals surface area (Å²) in [5.41, 5.74) is 0. The maximum Gasteiger partial charge on any atom is 0.304 e. The Morgan fingerprint density at radius 2 is 2.14 bits per heavy atom. The van der Waals surface area contributed by atoms with Crippen molar-refractivity contribution in [2.45, 2.75) is 6.42 Å². The summed E-state index contributed by atoms with van der Waals surface area (Å²) in [6.45, 7) is 0. The zero-order chi connectivity index (χ0) is 4.99. The van der Waals surface area contributed by atoms with Crippen molar-refractivity contribution in [3.63, 3.8) is 0 Å². The van der Waals surface area contributed by atoms with Gasteiger partial charge in [-0.1, -0.05) is 0 Å². The summed E-state index contributed by atoms with van der Waals surface area (Å²) >= 11 is 3.68. The van der Waals surface area contributed by atoms with Crippen molar-refractivity contribution in [3.05, 3.63) is 0 Å². The summed E-state index contributed by atoms with van der Waals surface area (Å²) in [7, 11) is 0. The van der Waals surface area contributed by atoms with Crippen molar-refractivity contribution in [2.75, 3.05) is 5.75 Å². The van der Waals surface area contributed by atoms with Gasteiger partial charge in [0, 0.05) is 5.75 Å². The third-order valence-electron chi connectivity index (χ3n) is 0.326. The zero-order valence-electron chi connectivity index (χ0n) is 3.72. The maximum atomic E-state index is 9.55. The first-order valence-electron chi connectivity index (χ1n) is 1.60. The molecule has 0 unspecified atom stereocenters. The van der Waals surface area contributed by atoms with Gasteiger partial charge < -0.3 is 5.11 Å². The molecule has 0 radical (unpaired) electrons. The van der Waals surface area contributed by atoms with E-state index in [1.165, 1.54) is 0 Å². The zero-order valence-corrected chi connectivity index (χ0v) is 5.61. The normalized spacial score (nSPS) is 7.00. The Morgan fingerprint density at radius 3 is 2.14 bits per heavy atom. The summed E-state index contributed by atoms with van der Waals surface area (Å²) in [4.78, 5) is 9.55. The van der Waals surface area contributed by atoms with E-state index in [0.29, 0.717) is 5.75 Å². The molecule has 0 heterocycles. The van der Waals surface area contributed by atoms with Gasteiger partial charge in [0.1, 0.15) is 0 Å². The van der Waals surface area contributed by atoms with Crippen molar-refractivity contribution in [1.82, 2.24) is 0 Å². The summed E-state index contributed by atoms with van der Waals surface area (Å²) < 4.78 is 0. The molecule has 0 saturated heterocycles. The van der Waals surface area contributed by atoms with E-state index in [-0.39, 0.29) is 19.9 Å². The van der Waals surface area contributed by atoms with Crippen LogP contribution >= 0.6 is 26.1 Å². The topological polar surface area (TPSA) is 37.3 Å². The van der Waals surface area contributed by atoms with Crippen LogP contribution in [-0.2, 0) is 4.79 Å². The molecular weight excluding hydrogens is 132 g/mol. The van der Waals surface area contributed by atoms with E-state index in [0.717, 1.165) is 0 Å². The Bertz CT molecular complexity index is 54.9. The fourth-order valence-electron chi connectivity index (χ4n) is 0.0956. The van der Waals surface area contributed by atoms with Crippen molar-refractivity contribution in [2.24, 2.45) is 0 Å². The minimum Gasteiger partial charge on any atom is -0.481 e. The largest absolute Gasteiger partial charge is 0.481 e. The van der Waals surface area contributed by atoms with E-state index in [4.69, 9.17) is 5.11 Å². The standard InChI is InChI=1S/C3H6O2S.H2S/c4-3(5)1-2-6;/h6H,1-2H2,(H,4,5);1H2.